The molecule has 0 amide bonds. The molecule has 1 aromatic heterocycles. The molecule has 2 unspecified atom stereocenters. The Morgan fingerprint density at radius 1 is 0.898 bits per heavy atom. The number of aromatic nitrogens is 1. The number of aliphatic hydroxyl groups excluding tert-OH is 6. The Balaban J connectivity index is 0.000000761. The Hall–Kier alpha value is -1.02. The summed E-state index contributed by atoms with van der Waals surface area (Å²) in [4.78, 5) is 24.8. The number of hydrogen-bond donors (Lipinski definition) is 6. The normalized spacial score (nSPS) is 26.6. The molecule has 0 saturated carbocycles. The van der Waals surface area contributed by atoms with Gasteiger partial charge in [-0.25, -0.2) is 9.59 Å². The van der Waals surface area contributed by atoms with E-state index in [4.69, 9.17) is 46.0 Å². The number of esters is 2. The molecule has 0 aliphatic carbocycles. The van der Waals surface area contributed by atoms with E-state index >= 15 is 0 Å². The number of rotatable bonds is 8. The van der Waals surface area contributed by atoms with Gasteiger partial charge in [0.15, 0.2) is 24.7 Å². The van der Waals surface area contributed by atoms with Gasteiger partial charge in [-0.2, -0.15) is 21.4 Å². The number of aliphatic hydroxyl groups is 6. The van der Waals surface area contributed by atoms with Crippen molar-refractivity contribution in [2.45, 2.75) is 69.3 Å². The minimum atomic E-state index is -2.95. The molecular formula is C26H38ClN2Na2O16S2+. The van der Waals surface area contributed by atoms with Crippen LogP contribution in [-0.2, 0) is 42.3 Å². The van der Waals surface area contributed by atoms with Crippen LogP contribution in [0.5, 0.6) is 0 Å². The third-order valence-corrected chi connectivity index (χ3v) is 7.41. The predicted molar refractivity (Wildman–Crippen MR) is 170 cm³/mol. The maximum absolute atomic E-state index is 11.7. The van der Waals surface area contributed by atoms with Crippen LogP contribution in [-0.4, -0.2) is 177 Å². The Kier molecular flexibility index (Phi) is 24.5. The third kappa shape index (κ3) is 14.5. The second-order valence-electron chi connectivity index (χ2n) is 9.54. The van der Waals surface area contributed by atoms with Gasteiger partial charge in [-0.15, -0.1) is 12.4 Å². The van der Waals surface area contributed by atoms with Crippen molar-refractivity contribution in [3.8, 4) is 0 Å². The summed E-state index contributed by atoms with van der Waals surface area (Å²) in [6.45, 7) is 3.20. The van der Waals surface area contributed by atoms with Gasteiger partial charge in [-0.1, -0.05) is 6.08 Å². The van der Waals surface area contributed by atoms with Gasteiger partial charge >= 0.3 is 74.1 Å². The molecule has 3 aliphatic heterocycles. The van der Waals surface area contributed by atoms with Crippen LogP contribution in [0.3, 0.4) is 0 Å². The summed E-state index contributed by atoms with van der Waals surface area (Å²) in [5, 5.41) is 57.4. The van der Waals surface area contributed by atoms with Gasteiger partial charge in [-0.3, -0.25) is 0 Å². The number of carbonyl (C=O) groups is 2. The Morgan fingerprint density at radius 2 is 1.43 bits per heavy atom. The first-order valence-electron chi connectivity index (χ1n) is 14.7. The van der Waals surface area contributed by atoms with E-state index in [-0.39, 0.29) is 32.2 Å². The second kappa shape index (κ2) is 25.0. The molecule has 8 atom stereocenters. The van der Waals surface area contributed by atoms with Crippen molar-refractivity contribution in [3.63, 3.8) is 0 Å². The van der Waals surface area contributed by atoms with E-state index in [1.165, 1.54) is 65.5 Å². The molecule has 0 bridgehead atoms. The zero-order valence-corrected chi connectivity index (χ0v) is 33.5. The Labute approximate surface area is 319 Å². The van der Waals surface area contributed by atoms with Crippen molar-refractivity contribution in [1.82, 2.24) is 4.90 Å². The summed E-state index contributed by atoms with van der Waals surface area (Å²) < 4.78 is 58.4. The van der Waals surface area contributed by atoms with E-state index in [1.807, 2.05) is 0 Å². The van der Waals surface area contributed by atoms with Crippen LogP contribution in [0.15, 0.2) is 48.6 Å². The molecule has 0 aromatic carbocycles. The first-order valence-corrected chi connectivity index (χ1v) is 25.4. The van der Waals surface area contributed by atoms with Gasteiger partial charge in [0.05, 0.1) is 32.0 Å². The molecule has 0 spiro atoms. The van der Waals surface area contributed by atoms with Crippen molar-refractivity contribution >= 4 is 86.5 Å². The quantitative estimate of drug-likeness (QED) is 0.0838. The van der Waals surface area contributed by atoms with E-state index in [0.29, 0.717) is 17.6 Å². The average molecular weight is 780 g/mol. The van der Waals surface area contributed by atoms with Crippen molar-refractivity contribution in [1.29, 1.82) is 0 Å². The molecule has 49 heavy (non-hydrogen) atoms. The maximum atomic E-state index is 11.7. The fourth-order valence-electron chi connectivity index (χ4n) is 4.33. The Morgan fingerprint density at radius 3 is 1.92 bits per heavy atom. The number of nitrogens with zero attached hydrogens (tertiary/aromatic N) is 2. The van der Waals surface area contributed by atoms with Gasteiger partial charge in [0.1, 0.15) is 36.1 Å². The van der Waals surface area contributed by atoms with Crippen molar-refractivity contribution in [2.75, 3.05) is 26.4 Å². The van der Waals surface area contributed by atoms with Crippen LogP contribution in [0.25, 0.3) is 0 Å². The van der Waals surface area contributed by atoms with Crippen LogP contribution in [0.4, 0.5) is 0 Å². The van der Waals surface area contributed by atoms with Crippen molar-refractivity contribution in [3.05, 3.63) is 54.1 Å². The van der Waals surface area contributed by atoms with Crippen LogP contribution >= 0.6 is 12.4 Å². The Bertz CT molecular complexity index is 1470. The standard InChI is InChI=1S/C13H19NO6.C13H18NO6.ClH.2Na.O4S2/c2*1-2-19-13(18)8-4-3-5-14(6-8)12-11(17)10(16)9(7-15)20-12;;;;1-5(2)6(3)4/h3,5-6,9-12,15-17H,2,4,7H2,1H3;3-6,9-12,15-17H,2,7H2,1H3;1H;;;/q;+1;;;;/t2*9-,10+,11?,12-;;;;/m11..../s1. The SMILES string of the molecule is CCOC(=O)C1=CN([C@@H]2O[C@H](CO)[C@H](O)C2O)C=CC1.CCOC(=O)c1ccc[n+]([C@@H]2O[C@H](CO)[C@H](O)C2O)c1.Cl.O=S(=O)=S(=O)=O.[Na][Na]. The average Bonchev–Trinajstić information content (AvgIpc) is 3.55. The molecule has 4 heterocycles. The van der Waals surface area contributed by atoms with Gasteiger partial charge < -0.3 is 54.5 Å². The summed E-state index contributed by atoms with van der Waals surface area (Å²) >= 11 is 2.89. The minimum absolute atomic E-state index is 0. The zero-order chi connectivity index (χ0) is 36.6. The summed E-state index contributed by atoms with van der Waals surface area (Å²) in [6.07, 6.45) is 0.319. The van der Waals surface area contributed by atoms with Crippen LogP contribution in [0.2, 0.25) is 0 Å². The van der Waals surface area contributed by atoms with Gasteiger partial charge in [0.25, 0.3) is 6.23 Å². The van der Waals surface area contributed by atoms with Crippen molar-refractivity contribution < 1.29 is 80.6 Å². The first-order chi connectivity index (χ1) is 22.8. The number of ether oxygens (including phenoxy) is 4. The first kappa shape index (κ1) is 48.0. The molecular weight excluding hydrogens is 742 g/mol. The number of halogens is 1. The summed E-state index contributed by atoms with van der Waals surface area (Å²) in [5.74, 6) is -0.901. The topological polar surface area (TPSA) is 268 Å². The molecule has 2 saturated heterocycles. The van der Waals surface area contributed by atoms with E-state index < -0.39 is 86.2 Å². The van der Waals surface area contributed by atoms with E-state index in [9.17, 15) is 30.0 Å². The zero-order valence-electron chi connectivity index (χ0n) is 27.1. The van der Waals surface area contributed by atoms with Crippen molar-refractivity contribution in [2.24, 2.45) is 0 Å². The van der Waals surface area contributed by atoms with Crippen LogP contribution in [0, 0.1) is 0 Å². The molecule has 2 fully saturated rings. The van der Waals surface area contributed by atoms with Gasteiger partial charge in [-0.05, 0) is 19.9 Å². The van der Waals surface area contributed by atoms with Gasteiger partial charge in [0.2, 0.25) is 0 Å². The second-order valence-corrected chi connectivity index (χ2v) is 12.0. The third-order valence-electron chi connectivity index (χ3n) is 6.52. The van der Waals surface area contributed by atoms with Crippen LogP contribution < -0.4 is 4.57 Å². The number of allylic oxidation sites excluding steroid dienone is 1. The fourth-order valence-corrected chi connectivity index (χ4v) is 4.33. The summed E-state index contributed by atoms with van der Waals surface area (Å²) in [7, 11) is -5.90. The predicted octanol–water partition coefficient (Wildman–Crippen LogP) is -3.83. The molecule has 1 aromatic rings. The number of carbonyl (C=O) groups excluding carboxylic acids is 2. The summed E-state index contributed by atoms with van der Waals surface area (Å²) in [5.41, 5.74) is 0.749. The van der Waals surface area contributed by atoms with E-state index in [0.717, 1.165) is 0 Å². The van der Waals surface area contributed by atoms with Gasteiger partial charge in [0, 0.05) is 24.9 Å². The molecule has 3 aliphatic rings. The van der Waals surface area contributed by atoms with Crippen LogP contribution in [0.1, 0.15) is 36.9 Å². The molecule has 18 nitrogen and oxygen atoms in total. The molecule has 4 rings (SSSR count). The van der Waals surface area contributed by atoms with E-state index in [2.05, 4.69) is 0 Å². The molecule has 6 N–H and O–H groups in total. The number of hydrogen-bond acceptors (Lipinski definition) is 17. The fraction of sp³-hybridized carbons (Fsp3) is 0.577. The molecule has 23 heteroatoms. The number of pyridine rings is 1. The monoisotopic (exact) mass is 779 g/mol. The molecule has 268 valence electrons. The summed E-state index contributed by atoms with van der Waals surface area (Å²) in [6, 6.07) is 3.19. The molecule has 0 radical (unpaired) electrons. The van der Waals surface area contributed by atoms with E-state index in [1.54, 1.807) is 44.5 Å².